The average Bonchev–Trinajstić information content (AvgIpc) is 3.09. The first-order valence-corrected chi connectivity index (χ1v) is 17.1. The minimum Gasteiger partial charge on any atom is -0.496 e. The Balaban J connectivity index is 1.42. The molecule has 1 saturated heterocycles. The molecule has 1 unspecified atom stereocenters. The van der Waals surface area contributed by atoms with Crippen molar-refractivity contribution in [2.45, 2.75) is 16.7 Å². The van der Waals surface area contributed by atoms with Gasteiger partial charge in [0.1, 0.15) is 27.8 Å². The summed E-state index contributed by atoms with van der Waals surface area (Å²) in [6.07, 6.45) is 0.511. The summed E-state index contributed by atoms with van der Waals surface area (Å²) in [7, 11) is 3.87. The van der Waals surface area contributed by atoms with Crippen molar-refractivity contribution in [1.29, 1.82) is 0 Å². The van der Waals surface area contributed by atoms with Crippen LogP contribution in [0.25, 0.3) is 22.3 Å². The largest absolute Gasteiger partial charge is 0.496 e. The normalized spacial score (nSPS) is 15.3. The third-order valence-corrected chi connectivity index (χ3v) is 10.4. The van der Waals surface area contributed by atoms with Crippen LogP contribution in [0.4, 0.5) is 0 Å². The van der Waals surface area contributed by atoms with E-state index in [2.05, 4.69) is 26.1 Å². The topological polar surface area (TPSA) is 135 Å². The molecule has 2 heterocycles. The Bertz CT molecular complexity index is 1870. The van der Waals surface area contributed by atoms with Gasteiger partial charge in [0.25, 0.3) is 0 Å². The lowest BCUT2D eigenvalue weighted by molar-refractivity contribution is 0.202. The summed E-state index contributed by atoms with van der Waals surface area (Å²) in [6.45, 7) is 2.20. The first-order chi connectivity index (χ1) is 22.6. The van der Waals surface area contributed by atoms with Crippen molar-refractivity contribution in [3.8, 4) is 45.8 Å². The molecule has 3 aromatic carbocycles. The van der Waals surface area contributed by atoms with E-state index in [4.69, 9.17) is 32.8 Å². The van der Waals surface area contributed by atoms with Crippen molar-refractivity contribution < 1.29 is 41.3 Å². The number of halogens is 1. The molecule has 14 heteroatoms. The monoisotopic (exact) mass is 732 g/mol. The van der Waals surface area contributed by atoms with Gasteiger partial charge in [-0.05, 0) is 42.8 Å². The van der Waals surface area contributed by atoms with Crippen LogP contribution in [0.15, 0.2) is 67.1 Å². The van der Waals surface area contributed by atoms with Crippen LogP contribution in [0.5, 0.6) is 34.5 Å². The third kappa shape index (κ3) is 7.15. The van der Waals surface area contributed by atoms with Gasteiger partial charge in [-0.15, -0.1) is 0 Å². The van der Waals surface area contributed by atoms with Gasteiger partial charge in [0.15, 0.2) is 27.1 Å². The van der Waals surface area contributed by atoms with Crippen molar-refractivity contribution in [2.24, 2.45) is 0 Å². The highest BCUT2D eigenvalue weighted by Crippen LogP contribution is 2.44. The van der Waals surface area contributed by atoms with Gasteiger partial charge < -0.3 is 32.8 Å². The van der Waals surface area contributed by atoms with Crippen LogP contribution in [0.1, 0.15) is 6.42 Å². The zero-order valence-electron chi connectivity index (χ0n) is 26.8. The Morgan fingerprint density at radius 2 is 1.57 bits per heavy atom. The number of rotatable bonds is 13. The van der Waals surface area contributed by atoms with E-state index >= 15 is 0 Å². The molecule has 1 aromatic heterocycles. The molecule has 0 saturated carbocycles. The summed E-state index contributed by atoms with van der Waals surface area (Å²) < 4.78 is 67.4. The number of benzene rings is 3. The van der Waals surface area contributed by atoms with Gasteiger partial charge in [-0.25, -0.2) is 8.42 Å². The van der Waals surface area contributed by atoms with E-state index in [0.717, 1.165) is 4.47 Å². The summed E-state index contributed by atoms with van der Waals surface area (Å²) in [4.78, 5) is 16.4. The molecule has 0 aliphatic carbocycles. The smallest absolute Gasteiger partial charge is 0.239 e. The fraction of sp³-hybridized carbons (Fsp3) is 0.364. The predicted octanol–water partition coefficient (Wildman–Crippen LogP) is 4.74. The zero-order valence-corrected chi connectivity index (χ0v) is 29.2. The second-order valence-corrected chi connectivity index (χ2v) is 13.7. The van der Waals surface area contributed by atoms with Crippen LogP contribution in [0, 0.1) is 0 Å². The molecule has 1 aliphatic rings. The summed E-state index contributed by atoms with van der Waals surface area (Å²) in [5, 5.41) is 2.59. The van der Waals surface area contributed by atoms with Crippen LogP contribution in [0.3, 0.4) is 0 Å². The lowest BCUT2D eigenvalue weighted by atomic mass is 10.1. The number of hydrogen-bond donors (Lipinski definition) is 1. The molecule has 12 nitrogen and oxygen atoms in total. The molecule has 0 spiro atoms. The number of nitrogens with zero attached hydrogens (tertiary/aromatic N) is 1. The van der Waals surface area contributed by atoms with E-state index in [1.54, 1.807) is 48.5 Å². The van der Waals surface area contributed by atoms with Crippen molar-refractivity contribution in [3.05, 3.63) is 63.2 Å². The Labute approximate surface area is 281 Å². The standard InChI is InChI=1S/C33H37BrN2O10S/c1-40-22-17-24(41-2)29-25(18-22)46-31(20-15-26(42-3)32(44-5)27(16-20)43-4)33(30(29)37)45-14-6-12-36-13-11-35-28(19-36)47(38,39)23-9-7-21(34)8-10-23/h7-10,15-18,28,35H,6,11-14,19H2,1-5H3. The number of nitrogens with one attached hydrogen (secondary N) is 1. The lowest BCUT2D eigenvalue weighted by Gasteiger charge is -2.33. The molecule has 1 fully saturated rings. The van der Waals surface area contributed by atoms with Gasteiger partial charge in [0.2, 0.25) is 16.9 Å². The SMILES string of the molecule is COc1cc(OC)c2c(=O)c(OCCCN3CCNC(S(=O)(=O)c4ccc(Br)cc4)C3)c(-c3cc(OC)c(OC)c(OC)c3)oc2c1. The van der Waals surface area contributed by atoms with Crippen LogP contribution in [0.2, 0.25) is 0 Å². The van der Waals surface area contributed by atoms with Crippen LogP contribution < -0.4 is 39.2 Å². The first kappa shape index (κ1) is 34.4. The highest BCUT2D eigenvalue weighted by atomic mass is 79.9. The van der Waals surface area contributed by atoms with Gasteiger partial charge in [-0.3, -0.25) is 15.0 Å². The molecular weight excluding hydrogens is 696 g/mol. The number of hydrogen-bond acceptors (Lipinski definition) is 12. The molecule has 47 heavy (non-hydrogen) atoms. The van der Waals surface area contributed by atoms with Gasteiger partial charge in [-0.2, -0.15) is 0 Å². The highest BCUT2D eigenvalue weighted by Gasteiger charge is 2.32. The molecule has 4 aromatic rings. The molecule has 0 amide bonds. The maximum atomic E-state index is 14.1. The summed E-state index contributed by atoms with van der Waals surface area (Å²) >= 11 is 3.35. The van der Waals surface area contributed by atoms with Crippen molar-refractivity contribution in [1.82, 2.24) is 10.2 Å². The molecule has 0 radical (unpaired) electrons. The minimum atomic E-state index is -3.59. The van der Waals surface area contributed by atoms with Crippen LogP contribution in [-0.2, 0) is 9.84 Å². The second kappa shape index (κ2) is 14.8. The van der Waals surface area contributed by atoms with Gasteiger partial charge >= 0.3 is 0 Å². The van der Waals surface area contributed by atoms with Gasteiger partial charge in [0, 0.05) is 48.3 Å². The molecule has 1 atom stereocenters. The number of fused-ring (bicyclic) bond motifs is 1. The first-order valence-electron chi connectivity index (χ1n) is 14.8. The minimum absolute atomic E-state index is 0.0220. The maximum Gasteiger partial charge on any atom is 0.239 e. The van der Waals surface area contributed by atoms with Gasteiger partial charge in [0.05, 0.1) is 47.1 Å². The average molecular weight is 734 g/mol. The fourth-order valence-electron chi connectivity index (χ4n) is 5.49. The quantitative estimate of drug-likeness (QED) is 0.190. The third-order valence-electron chi connectivity index (χ3n) is 7.88. The van der Waals surface area contributed by atoms with E-state index in [-0.39, 0.29) is 39.7 Å². The lowest BCUT2D eigenvalue weighted by Crippen LogP contribution is -2.54. The molecule has 1 aliphatic heterocycles. The van der Waals surface area contributed by atoms with Crippen molar-refractivity contribution in [2.75, 3.05) is 68.3 Å². The Morgan fingerprint density at radius 3 is 2.19 bits per heavy atom. The molecular formula is C33H37BrN2O10S. The highest BCUT2D eigenvalue weighted by molar-refractivity contribution is 9.10. The Hall–Kier alpha value is -3.98. The molecule has 1 N–H and O–H groups in total. The molecule has 252 valence electrons. The van der Waals surface area contributed by atoms with E-state index in [1.807, 2.05) is 0 Å². The number of piperazine rings is 1. The van der Waals surface area contributed by atoms with Gasteiger partial charge in [-0.1, -0.05) is 15.9 Å². The van der Waals surface area contributed by atoms with E-state index in [0.29, 0.717) is 61.2 Å². The number of methoxy groups -OCH3 is 5. The maximum absolute atomic E-state index is 14.1. The van der Waals surface area contributed by atoms with E-state index in [1.165, 1.54) is 35.5 Å². The summed E-state index contributed by atoms with van der Waals surface area (Å²) in [5.74, 6) is 1.96. The number of ether oxygens (including phenoxy) is 6. The van der Waals surface area contributed by atoms with Crippen molar-refractivity contribution >= 4 is 36.7 Å². The molecule has 0 bridgehead atoms. The Morgan fingerprint density at radius 1 is 0.894 bits per heavy atom. The van der Waals surface area contributed by atoms with Crippen molar-refractivity contribution in [3.63, 3.8) is 0 Å². The molecule has 5 rings (SSSR count). The zero-order chi connectivity index (χ0) is 33.7. The predicted molar refractivity (Wildman–Crippen MR) is 180 cm³/mol. The fourth-order valence-corrected chi connectivity index (χ4v) is 7.34. The summed E-state index contributed by atoms with van der Waals surface area (Å²) in [6, 6.07) is 13.2. The van der Waals surface area contributed by atoms with E-state index < -0.39 is 20.6 Å². The van der Waals surface area contributed by atoms with Crippen LogP contribution in [-0.4, -0.2) is 87.0 Å². The van der Waals surface area contributed by atoms with E-state index in [9.17, 15) is 13.2 Å². The second-order valence-electron chi connectivity index (χ2n) is 10.7. The summed E-state index contributed by atoms with van der Waals surface area (Å²) in [5.41, 5.74) is 0.261. The van der Waals surface area contributed by atoms with Crippen LogP contribution >= 0.6 is 15.9 Å². The number of sulfone groups is 1. The Kier molecular flexibility index (Phi) is 10.8.